The van der Waals surface area contributed by atoms with Gasteiger partial charge in [-0.15, -0.1) is 0 Å². The quantitative estimate of drug-likeness (QED) is 0.830. The predicted molar refractivity (Wildman–Crippen MR) is 58.3 cm³/mol. The molecular formula is C11H14N2O3. The number of carbonyl (C=O) groups is 1. The first-order valence-corrected chi connectivity index (χ1v) is 5.03. The van der Waals surface area contributed by atoms with Crippen molar-refractivity contribution in [3.05, 3.63) is 18.3 Å². The lowest BCUT2D eigenvalue weighted by Gasteiger charge is -2.36. The van der Waals surface area contributed by atoms with Crippen LogP contribution in [0.15, 0.2) is 18.3 Å². The first-order valence-electron chi connectivity index (χ1n) is 5.03. The van der Waals surface area contributed by atoms with Crippen molar-refractivity contribution in [1.29, 1.82) is 0 Å². The molecule has 1 saturated heterocycles. The summed E-state index contributed by atoms with van der Waals surface area (Å²) in [6, 6.07) is 3.46. The zero-order valence-electron chi connectivity index (χ0n) is 9.32. The topological polar surface area (TPSA) is 60.5 Å². The number of amides is 1. The van der Waals surface area contributed by atoms with Gasteiger partial charge >= 0.3 is 0 Å². The molecule has 1 fully saturated rings. The molecule has 86 valence electrons. The second-order valence-corrected chi connectivity index (χ2v) is 4.10. The summed E-state index contributed by atoms with van der Waals surface area (Å²) in [6.45, 7) is 2.83. The molecule has 5 nitrogen and oxygen atoms in total. The van der Waals surface area contributed by atoms with Gasteiger partial charge in [0.15, 0.2) is 0 Å². The fourth-order valence-corrected chi connectivity index (χ4v) is 1.40. The Morgan fingerprint density at radius 1 is 1.56 bits per heavy atom. The van der Waals surface area contributed by atoms with Crippen LogP contribution in [0, 0.1) is 5.41 Å². The van der Waals surface area contributed by atoms with E-state index in [9.17, 15) is 4.79 Å². The minimum absolute atomic E-state index is 0.0364. The van der Waals surface area contributed by atoms with Crippen LogP contribution < -0.4 is 10.1 Å². The lowest BCUT2D eigenvalue weighted by molar-refractivity contribution is -0.151. The molecule has 5 heteroatoms. The average molecular weight is 222 g/mol. The van der Waals surface area contributed by atoms with Gasteiger partial charge in [-0.3, -0.25) is 4.79 Å². The van der Waals surface area contributed by atoms with Gasteiger partial charge in [-0.05, 0) is 13.0 Å². The average Bonchev–Trinajstić information content (AvgIpc) is 2.27. The Balaban J connectivity index is 2.00. The summed E-state index contributed by atoms with van der Waals surface area (Å²) in [5.41, 5.74) is 0.263. The molecule has 1 amide bonds. The zero-order chi connectivity index (χ0) is 11.6. The maximum absolute atomic E-state index is 11.8. The number of hydrogen-bond donors (Lipinski definition) is 1. The Morgan fingerprint density at radius 2 is 2.31 bits per heavy atom. The maximum atomic E-state index is 11.8. The van der Waals surface area contributed by atoms with Gasteiger partial charge in [0.05, 0.1) is 37.6 Å². The number of carbonyl (C=O) groups excluding carboxylic acids is 1. The van der Waals surface area contributed by atoms with E-state index in [1.54, 1.807) is 25.4 Å². The second-order valence-electron chi connectivity index (χ2n) is 4.10. The number of aromatic nitrogens is 1. The highest BCUT2D eigenvalue weighted by molar-refractivity contribution is 5.95. The van der Waals surface area contributed by atoms with Crippen molar-refractivity contribution in [2.45, 2.75) is 6.92 Å². The Hall–Kier alpha value is -1.62. The van der Waals surface area contributed by atoms with Crippen molar-refractivity contribution in [3.63, 3.8) is 0 Å². The minimum Gasteiger partial charge on any atom is -0.481 e. The molecule has 0 spiro atoms. The summed E-state index contributed by atoms with van der Waals surface area (Å²) in [7, 11) is 1.55. The molecule has 2 rings (SSSR count). The highest BCUT2D eigenvalue weighted by Crippen LogP contribution is 2.28. The summed E-state index contributed by atoms with van der Waals surface area (Å²) in [6.07, 6.45) is 1.57. The summed E-state index contributed by atoms with van der Waals surface area (Å²) in [5.74, 6) is 0.488. The lowest BCUT2D eigenvalue weighted by Crippen LogP contribution is -2.49. The van der Waals surface area contributed by atoms with Gasteiger partial charge in [0.2, 0.25) is 11.8 Å². The van der Waals surface area contributed by atoms with E-state index in [0.29, 0.717) is 24.8 Å². The van der Waals surface area contributed by atoms with Gasteiger partial charge < -0.3 is 14.8 Å². The van der Waals surface area contributed by atoms with Crippen molar-refractivity contribution >= 4 is 11.6 Å². The monoisotopic (exact) mass is 222 g/mol. The van der Waals surface area contributed by atoms with E-state index in [2.05, 4.69) is 10.3 Å². The van der Waals surface area contributed by atoms with Gasteiger partial charge in [-0.2, -0.15) is 0 Å². The van der Waals surface area contributed by atoms with E-state index in [1.165, 1.54) is 0 Å². The van der Waals surface area contributed by atoms with Gasteiger partial charge in [0.1, 0.15) is 0 Å². The van der Waals surface area contributed by atoms with Crippen molar-refractivity contribution in [2.24, 2.45) is 5.41 Å². The van der Waals surface area contributed by atoms with Crippen LogP contribution in [0.25, 0.3) is 0 Å². The first-order chi connectivity index (χ1) is 7.64. The van der Waals surface area contributed by atoms with Gasteiger partial charge in [0, 0.05) is 6.07 Å². The molecule has 0 radical (unpaired) electrons. The fourth-order valence-electron chi connectivity index (χ4n) is 1.40. The van der Waals surface area contributed by atoms with Crippen LogP contribution in [0.2, 0.25) is 0 Å². The Kier molecular flexibility index (Phi) is 2.78. The number of nitrogens with one attached hydrogen (secondary N) is 1. The Labute approximate surface area is 93.8 Å². The van der Waals surface area contributed by atoms with Gasteiger partial charge in [0.25, 0.3) is 0 Å². The zero-order valence-corrected chi connectivity index (χ0v) is 9.32. The van der Waals surface area contributed by atoms with Gasteiger partial charge in [-0.1, -0.05) is 0 Å². The molecule has 16 heavy (non-hydrogen) atoms. The largest absolute Gasteiger partial charge is 0.481 e. The van der Waals surface area contributed by atoms with Crippen LogP contribution in [0.1, 0.15) is 6.92 Å². The van der Waals surface area contributed by atoms with Crippen LogP contribution in [0.5, 0.6) is 5.88 Å². The molecule has 0 aromatic carbocycles. The van der Waals surface area contributed by atoms with Crippen molar-refractivity contribution in [1.82, 2.24) is 4.98 Å². The first kappa shape index (κ1) is 10.9. The Morgan fingerprint density at radius 3 is 2.75 bits per heavy atom. The SMILES string of the molecule is COc1ccc(NC(=O)C2(C)COC2)cn1. The van der Waals surface area contributed by atoms with Crippen LogP contribution in [-0.2, 0) is 9.53 Å². The van der Waals surface area contributed by atoms with Crippen LogP contribution in [0.4, 0.5) is 5.69 Å². The fraction of sp³-hybridized carbons (Fsp3) is 0.455. The third-order valence-corrected chi connectivity index (χ3v) is 2.59. The van der Waals surface area contributed by atoms with Crippen LogP contribution in [0.3, 0.4) is 0 Å². The number of anilines is 1. The molecule has 0 unspecified atom stereocenters. The van der Waals surface area contributed by atoms with E-state index >= 15 is 0 Å². The Bertz CT molecular complexity index is 385. The molecule has 1 aromatic heterocycles. The third kappa shape index (κ3) is 1.99. The number of pyridine rings is 1. The molecule has 1 N–H and O–H groups in total. The van der Waals surface area contributed by atoms with E-state index < -0.39 is 5.41 Å². The second kappa shape index (κ2) is 4.09. The molecule has 1 aliphatic heterocycles. The smallest absolute Gasteiger partial charge is 0.235 e. The standard InChI is InChI=1S/C11H14N2O3/c1-11(6-16-7-11)10(14)13-8-3-4-9(15-2)12-5-8/h3-5H,6-7H2,1-2H3,(H,13,14). The van der Waals surface area contributed by atoms with E-state index in [0.717, 1.165) is 0 Å². The van der Waals surface area contributed by atoms with Crippen molar-refractivity contribution < 1.29 is 14.3 Å². The normalized spacial score (nSPS) is 17.4. The van der Waals surface area contributed by atoms with Crippen LogP contribution in [-0.4, -0.2) is 31.2 Å². The number of ether oxygens (including phenoxy) is 2. The summed E-state index contributed by atoms with van der Waals surface area (Å²) >= 11 is 0. The van der Waals surface area contributed by atoms with Gasteiger partial charge in [-0.25, -0.2) is 4.98 Å². The van der Waals surface area contributed by atoms with E-state index in [4.69, 9.17) is 9.47 Å². The predicted octanol–water partition coefficient (Wildman–Crippen LogP) is 1.07. The summed E-state index contributed by atoms with van der Waals surface area (Å²) < 4.78 is 9.97. The lowest BCUT2D eigenvalue weighted by atomic mass is 9.87. The van der Waals surface area contributed by atoms with E-state index in [-0.39, 0.29) is 5.91 Å². The molecular weight excluding hydrogens is 208 g/mol. The molecule has 2 heterocycles. The number of nitrogens with zero attached hydrogens (tertiary/aromatic N) is 1. The highest BCUT2D eigenvalue weighted by Gasteiger charge is 2.41. The summed E-state index contributed by atoms with van der Waals surface area (Å²) in [4.78, 5) is 15.8. The number of rotatable bonds is 3. The minimum atomic E-state index is -0.403. The molecule has 0 bridgehead atoms. The molecule has 0 saturated carbocycles. The maximum Gasteiger partial charge on any atom is 0.235 e. The number of hydrogen-bond acceptors (Lipinski definition) is 4. The van der Waals surface area contributed by atoms with E-state index in [1.807, 2.05) is 6.92 Å². The summed E-state index contributed by atoms with van der Waals surface area (Å²) in [5, 5.41) is 2.80. The highest BCUT2D eigenvalue weighted by atomic mass is 16.5. The third-order valence-electron chi connectivity index (χ3n) is 2.59. The molecule has 0 aliphatic carbocycles. The molecule has 1 aliphatic rings. The van der Waals surface area contributed by atoms with Crippen molar-refractivity contribution in [3.8, 4) is 5.88 Å². The molecule has 0 atom stereocenters. The number of methoxy groups -OCH3 is 1. The van der Waals surface area contributed by atoms with Crippen molar-refractivity contribution in [2.75, 3.05) is 25.6 Å². The van der Waals surface area contributed by atoms with Crippen LogP contribution >= 0.6 is 0 Å². The molecule has 1 aromatic rings.